The SMILES string of the molecule is CCc1cccc2sc(NCC3CCS(=O)(=O)C3)nc12. The summed E-state index contributed by atoms with van der Waals surface area (Å²) < 4.78 is 24.1. The minimum absolute atomic E-state index is 0.220. The third-order valence-electron chi connectivity index (χ3n) is 3.75. The summed E-state index contributed by atoms with van der Waals surface area (Å²) in [5.41, 5.74) is 2.33. The number of rotatable bonds is 4. The number of hydrogen-bond acceptors (Lipinski definition) is 5. The summed E-state index contributed by atoms with van der Waals surface area (Å²) in [6.07, 6.45) is 1.74. The van der Waals surface area contributed by atoms with Crippen LogP contribution < -0.4 is 5.32 Å². The molecule has 20 heavy (non-hydrogen) atoms. The van der Waals surface area contributed by atoms with Gasteiger partial charge in [0.05, 0.1) is 21.7 Å². The Bertz CT molecular complexity index is 722. The van der Waals surface area contributed by atoms with E-state index in [2.05, 4.69) is 35.4 Å². The van der Waals surface area contributed by atoms with Crippen LogP contribution >= 0.6 is 11.3 Å². The van der Waals surface area contributed by atoms with E-state index in [4.69, 9.17) is 0 Å². The van der Waals surface area contributed by atoms with Crippen molar-refractivity contribution in [2.24, 2.45) is 5.92 Å². The van der Waals surface area contributed by atoms with Gasteiger partial charge in [0.25, 0.3) is 0 Å². The van der Waals surface area contributed by atoms with E-state index in [1.807, 2.05) is 0 Å². The van der Waals surface area contributed by atoms with Crippen LogP contribution in [0.2, 0.25) is 0 Å². The number of hydrogen-bond donors (Lipinski definition) is 1. The molecule has 4 nitrogen and oxygen atoms in total. The van der Waals surface area contributed by atoms with Gasteiger partial charge >= 0.3 is 0 Å². The highest BCUT2D eigenvalue weighted by Crippen LogP contribution is 2.29. The minimum Gasteiger partial charge on any atom is -0.361 e. The van der Waals surface area contributed by atoms with Gasteiger partial charge in [-0.1, -0.05) is 30.4 Å². The lowest BCUT2D eigenvalue weighted by Gasteiger charge is -2.07. The molecule has 1 aromatic heterocycles. The first kappa shape index (κ1) is 13.8. The lowest BCUT2D eigenvalue weighted by atomic mass is 10.1. The predicted octanol–water partition coefficient (Wildman–Crippen LogP) is 2.71. The standard InChI is InChI=1S/C14H18N2O2S2/c1-2-11-4-3-5-12-13(11)16-14(19-12)15-8-10-6-7-20(17,18)9-10/h3-5,10H,2,6-9H2,1H3,(H,15,16). The number of aryl methyl sites for hydroxylation is 1. The quantitative estimate of drug-likeness (QED) is 0.943. The average molecular weight is 310 g/mol. The molecule has 0 radical (unpaired) electrons. The highest BCUT2D eigenvalue weighted by Gasteiger charge is 2.27. The van der Waals surface area contributed by atoms with Crippen molar-refractivity contribution < 1.29 is 8.42 Å². The zero-order valence-corrected chi connectivity index (χ0v) is 13.1. The Hall–Kier alpha value is -1.14. The molecule has 1 aromatic carbocycles. The van der Waals surface area contributed by atoms with Crippen LogP contribution in [0.1, 0.15) is 18.9 Å². The zero-order chi connectivity index (χ0) is 14.2. The fraction of sp³-hybridized carbons (Fsp3) is 0.500. The van der Waals surface area contributed by atoms with Crippen molar-refractivity contribution in [1.82, 2.24) is 4.98 Å². The number of anilines is 1. The Morgan fingerprint density at radius 3 is 3.00 bits per heavy atom. The molecular weight excluding hydrogens is 292 g/mol. The Kier molecular flexibility index (Phi) is 3.69. The van der Waals surface area contributed by atoms with E-state index in [-0.39, 0.29) is 5.92 Å². The number of fused-ring (bicyclic) bond motifs is 1. The second-order valence-electron chi connectivity index (χ2n) is 5.29. The van der Waals surface area contributed by atoms with Gasteiger partial charge in [-0.3, -0.25) is 0 Å². The normalized spacial score (nSPS) is 21.4. The van der Waals surface area contributed by atoms with Gasteiger partial charge in [0.2, 0.25) is 0 Å². The number of benzene rings is 1. The zero-order valence-electron chi connectivity index (χ0n) is 11.4. The molecule has 0 saturated carbocycles. The molecule has 108 valence electrons. The van der Waals surface area contributed by atoms with Crippen LogP contribution in [0.4, 0.5) is 5.13 Å². The van der Waals surface area contributed by atoms with E-state index in [1.165, 1.54) is 10.3 Å². The Balaban J connectivity index is 1.72. The molecule has 0 spiro atoms. The average Bonchev–Trinajstić information content (AvgIpc) is 2.98. The number of sulfone groups is 1. The van der Waals surface area contributed by atoms with E-state index in [9.17, 15) is 8.42 Å². The molecule has 0 amide bonds. The molecule has 1 aliphatic rings. The van der Waals surface area contributed by atoms with Gasteiger partial charge in [-0.15, -0.1) is 0 Å². The highest BCUT2D eigenvalue weighted by molar-refractivity contribution is 7.91. The van der Waals surface area contributed by atoms with Crippen molar-refractivity contribution in [2.75, 3.05) is 23.4 Å². The topological polar surface area (TPSA) is 59.1 Å². The third-order valence-corrected chi connectivity index (χ3v) is 6.57. The number of para-hydroxylation sites is 1. The molecule has 1 N–H and O–H groups in total. The third kappa shape index (κ3) is 2.81. The molecule has 2 aromatic rings. The largest absolute Gasteiger partial charge is 0.361 e. The Morgan fingerprint density at radius 1 is 1.45 bits per heavy atom. The number of nitrogens with one attached hydrogen (secondary N) is 1. The molecule has 3 rings (SSSR count). The summed E-state index contributed by atoms with van der Waals surface area (Å²) in [6, 6.07) is 6.25. The fourth-order valence-electron chi connectivity index (χ4n) is 2.63. The second-order valence-corrected chi connectivity index (χ2v) is 8.55. The summed E-state index contributed by atoms with van der Waals surface area (Å²) in [4.78, 5) is 4.64. The first-order chi connectivity index (χ1) is 9.57. The van der Waals surface area contributed by atoms with Gasteiger partial charge in [-0.2, -0.15) is 0 Å². The molecule has 1 unspecified atom stereocenters. The summed E-state index contributed by atoms with van der Waals surface area (Å²) >= 11 is 1.64. The first-order valence-electron chi connectivity index (χ1n) is 6.90. The lowest BCUT2D eigenvalue weighted by Crippen LogP contribution is -2.15. The maximum atomic E-state index is 11.4. The first-order valence-corrected chi connectivity index (χ1v) is 9.54. The van der Waals surface area contributed by atoms with E-state index < -0.39 is 9.84 Å². The van der Waals surface area contributed by atoms with Crippen molar-refractivity contribution in [1.29, 1.82) is 0 Å². The maximum absolute atomic E-state index is 11.4. The van der Waals surface area contributed by atoms with E-state index >= 15 is 0 Å². The molecule has 0 bridgehead atoms. The van der Waals surface area contributed by atoms with Crippen molar-refractivity contribution >= 4 is 36.5 Å². The van der Waals surface area contributed by atoms with Crippen LogP contribution in [0.15, 0.2) is 18.2 Å². The summed E-state index contributed by atoms with van der Waals surface area (Å²) in [6.45, 7) is 2.82. The van der Waals surface area contributed by atoms with Gasteiger partial charge in [0.15, 0.2) is 15.0 Å². The van der Waals surface area contributed by atoms with E-state index in [0.717, 1.165) is 23.5 Å². The van der Waals surface area contributed by atoms with Crippen molar-refractivity contribution in [3.63, 3.8) is 0 Å². The number of thiazole rings is 1. The molecule has 1 fully saturated rings. The molecule has 1 aliphatic heterocycles. The highest BCUT2D eigenvalue weighted by atomic mass is 32.2. The lowest BCUT2D eigenvalue weighted by molar-refractivity contribution is 0.596. The number of aromatic nitrogens is 1. The van der Waals surface area contributed by atoms with Crippen LogP contribution in [0.5, 0.6) is 0 Å². The van der Waals surface area contributed by atoms with Crippen LogP contribution in [-0.2, 0) is 16.3 Å². The molecule has 2 heterocycles. The van der Waals surface area contributed by atoms with E-state index in [0.29, 0.717) is 18.1 Å². The van der Waals surface area contributed by atoms with Crippen molar-refractivity contribution in [3.8, 4) is 0 Å². The van der Waals surface area contributed by atoms with E-state index in [1.54, 1.807) is 11.3 Å². The summed E-state index contributed by atoms with van der Waals surface area (Å²) in [5.74, 6) is 0.863. The van der Waals surface area contributed by atoms with Crippen LogP contribution in [0.3, 0.4) is 0 Å². The Morgan fingerprint density at radius 2 is 2.30 bits per heavy atom. The molecule has 1 atom stereocenters. The smallest absolute Gasteiger partial charge is 0.183 e. The minimum atomic E-state index is -2.79. The van der Waals surface area contributed by atoms with Crippen molar-refractivity contribution in [3.05, 3.63) is 23.8 Å². The maximum Gasteiger partial charge on any atom is 0.183 e. The monoisotopic (exact) mass is 310 g/mol. The molecule has 1 saturated heterocycles. The van der Waals surface area contributed by atoms with Gasteiger partial charge in [-0.05, 0) is 30.4 Å². The van der Waals surface area contributed by atoms with Gasteiger partial charge in [-0.25, -0.2) is 13.4 Å². The fourth-order valence-corrected chi connectivity index (χ4v) is 5.41. The van der Waals surface area contributed by atoms with Gasteiger partial charge < -0.3 is 5.32 Å². The second kappa shape index (κ2) is 5.33. The van der Waals surface area contributed by atoms with Crippen LogP contribution in [0.25, 0.3) is 10.2 Å². The van der Waals surface area contributed by atoms with Crippen LogP contribution in [-0.4, -0.2) is 31.5 Å². The molecular formula is C14H18N2O2S2. The summed E-state index contributed by atoms with van der Waals surface area (Å²) in [7, 11) is -2.79. The summed E-state index contributed by atoms with van der Waals surface area (Å²) in [5, 5.41) is 4.20. The molecule has 0 aliphatic carbocycles. The van der Waals surface area contributed by atoms with Crippen molar-refractivity contribution in [2.45, 2.75) is 19.8 Å². The van der Waals surface area contributed by atoms with Gasteiger partial charge in [0, 0.05) is 6.54 Å². The number of nitrogens with zero attached hydrogens (tertiary/aromatic N) is 1. The van der Waals surface area contributed by atoms with Gasteiger partial charge in [0.1, 0.15) is 0 Å². The van der Waals surface area contributed by atoms with Crippen LogP contribution in [0, 0.1) is 5.92 Å². The molecule has 6 heteroatoms. The Labute approximate surface area is 123 Å². The predicted molar refractivity (Wildman–Crippen MR) is 84.2 cm³/mol.